The largest absolute Gasteiger partial charge is 0.449 e. The molecule has 0 saturated heterocycles. The van der Waals surface area contributed by atoms with Crippen molar-refractivity contribution in [1.29, 1.82) is 0 Å². The second-order valence-electron chi connectivity index (χ2n) is 4.30. The highest BCUT2D eigenvalue weighted by Gasteiger charge is 2.25. The van der Waals surface area contributed by atoms with Gasteiger partial charge in [0.15, 0.2) is 15.9 Å². The first kappa shape index (κ1) is 17.6. The molecule has 22 heavy (non-hydrogen) atoms. The number of hydrogen-bond acceptors (Lipinski definition) is 6. The number of benzene rings is 1. The van der Waals surface area contributed by atoms with Gasteiger partial charge in [-0.15, -0.1) is 0 Å². The standard InChI is InChI=1S/C13H16N2O6S/c1-3-22(19,20)10-7-5-4-6-9(10)12(17)21-8(2)11(16)15-13(14)18/h4-8H,3H2,1-2H3,(H3,14,15,16,18)/t8-/m1/s1. The second-order valence-corrected chi connectivity index (χ2v) is 6.55. The third kappa shape index (κ3) is 4.29. The Morgan fingerprint density at radius 3 is 2.41 bits per heavy atom. The van der Waals surface area contributed by atoms with E-state index in [2.05, 4.69) is 0 Å². The van der Waals surface area contributed by atoms with E-state index in [1.54, 1.807) is 5.32 Å². The van der Waals surface area contributed by atoms with Gasteiger partial charge in [-0.25, -0.2) is 18.0 Å². The van der Waals surface area contributed by atoms with Crippen molar-refractivity contribution in [3.63, 3.8) is 0 Å². The van der Waals surface area contributed by atoms with Crippen molar-refractivity contribution in [3.05, 3.63) is 29.8 Å². The van der Waals surface area contributed by atoms with Gasteiger partial charge < -0.3 is 10.5 Å². The summed E-state index contributed by atoms with van der Waals surface area (Å²) in [5.74, 6) is -2.08. The van der Waals surface area contributed by atoms with Crippen LogP contribution in [0.15, 0.2) is 29.2 Å². The zero-order valence-corrected chi connectivity index (χ0v) is 12.8. The van der Waals surface area contributed by atoms with Gasteiger partial charge >= 0.3 is 12.0 Å². The second kappa shape index (κ2) is 7.03. The molecule has 0 bridgehead atoms. The third-order valence-electron chi connectivity index (χ3n) is 2.72. The minimum Gasteiger partial charge on any atom is -0.449 e. The monoisotopic (exact) mass is 328 g/mol. The predicted molar refractivity (Wildman–Crippen MR) is 76.8 cm³/mol. The average Bonchev–Trinajstić information content (AvgIpc) is 2.46. The maximum absolute atomic E-state index is 12.0. The number of primary amides is 1. The van der Waals surface area contributed by atoms with E-state index in [1.807, 2.05) is 0 Å². The summed E-state index contributed by atoms with van der Waals surface area (Å²) in [6.45, 7) is 2.67. The Morgan fingerprint density at radius 1 is 1.27 bits per heavy atom. The van der Waals surface area contributed by atoms with Gasteiger partial charge in [-0.05, 0) is 19.1 Å². The Kier molecular flexibility index (Phi) is 5.63. The average molecular weight is 328 g/mol. The molecule has 8 nitrogen and oxygen atoms in total. The van der Waals surface area contributed by atoms with Crippen LogP contribution in [0, 0.1) is 0 Å². The van der Waals surface area contributed by atoms with Gasteiger partial charge in [0.05, 0.1) is 16.2 Å². The van der Waals surface area contributed by atoms with Crippen molar-refractivity contribution in [3.8, 4) is 0 Å². The lowest BCUT2D eigenvalue weighted by molar-refractivity contribution is -0.127. The maximum Gasteiger partial charge on any atom is 0.340 e. The number of amides is 3. The molecule has 0 heterocycles. The van der Waals surface area contributed by atoms with Crippen LogP contribution in [0.4, 0.5) is 4.79 Å². The van der Waals surface area contributed by atoms with E-state index in [4.69, 9.17) is 10.5 Å². The molecular formula is C13H16N2O6S. The third-order valence-corrected chi connectivity index (χ3v) is 4.51. The van der Waals surface area contributed by atoms with Crippen LogP contribution >= 0.6 is 0 Å². The van der Waals surface area contributed by atoms with Crippen LogP contribution in [0.25, 0.3) is 0 Å². The lowest BCUT2D eigenvalue weighted by Gasteiger charge is -2.13. The fourth-order valence-electron chi connectivity index (χ4n) is 1.56. The fraction of sp³-hybridized carbons (Fsp3) is 0.308. The first-order chi connectivity index (χ1) is 10.2. The van der Waals surface area contributed by atoms with Crippen molar-refractivity contribution in [2.24, 2.45) is 5.73 Å². The van der Waals surface area contributed by atoms with Crippen molar-refractivity contribution in [2.75, 3.05) is 5.75 Å². The number of imide groups is 1. The van der Waals surface area contributed by atoms with Crippen LogP contribution < -0.4 is 11.1 Å². The molecule has 0 radical (unpaired) electrons. The molecule has 3 N–H and O–H groups in total. The van der Waals surface area contributed by atoms with Gasteiger partial charge in [-0.1, -0.05) is 19.1 Å². The van der Waals surface area contributed by atoms with Crippen LogP contribution in [-0.2, 0) is 19.4 Å². The van der Waals surface area contributed by atoms with Crippen LogP contribution in [0.3, 0.4) is 0 Å². The lowest BCUT2D eigenvalue weighted by Crippen LogP contribution is -2.42. The Labute approximate surface area is 127 Å². The van der Waals surface area contributed by atoms with E-state index in [0.717, 1.165) is 0 Å². The summed E-state index contributed by atoms with van der Waals surface area (Å²) in [4.78, 5) is 33.9. The van der Waals surface area contributed by atoms with Crippen LogP contribution in [0.1, 0.15) is 24.2 Å². The minimum absolute atomic E-state index is 0.176. The fourth-order valence-corrected chi connectivity index (χ4v) is 2.65. The number of nitrogens with one attached hydrogen (secondary N) is 1. The zero-order valence-electron chi connectivity index (χ0n) is 12.0. The predicted octanol–water partition coefficient (Wildman–Crippen LogP) is 0.220. The van der Waals surface area contributed by atoms with Crippen LogP contribution in [0.5, 0.6) is 0 Å². The number of carbonyl (C=O) groups excluding carboxylic acids is 3. The van der Waals surface area contributed by atoms with E-state index in [-0.39, 0.29) is 16.2 Å². The maximum atomic E-state index is 12.0. The Balaban J connectivity index is 3.01. The molecule has 3 amide bonds. The normalized spacial score (nSPS) is 12.3. The summed E-state index contributed by atoms with van der Waals surface area (Å²) >= 11 is 0. The van der Waals surface area contributed by atoms with E-state index in [0.29, 0.717) is 0 Å². The van der Waals surface area contributed by atoms with Crippen molar-refractivity contribution in [1.82, 2.24) is 5.32 Å². The Hall–Kier alpha value is -2.42. The minimum atomic E-state index is -3.62. The molecule has 0 spiro atoms. The first-order valence-electron chi connectivity index (χ1n) is 6.32. The first-order valence-corrected chi connectivity index (χ1v) is 7.97. The topological polar surface area (TPSA) is 133 Å². The van der Waals surface area contributed by atoms with E-state index in [1.165, 1.54) is 38.1 Å². The molecule has 9 heteroatoms. The molecule has 120 valence electrons. The number of rotatable bonds is 5. The number of urea groups is 1. The molecule has 1 atom stereocenters. The van der Waals surface area contributed by atoms with Crippen molar-refractivity contribution < 1.29 is 27.5 Å². The molecule has 0 aromatic heterocycles. The van der Waals surface area contributed by atoms with Crippen LogP contribution in [-0.4, -0.2) is 38.2 Å². The number of esters is 1. The van der Waals surface area contributed by atoms with E-state index in [9.17, 15) is 22.8 Å². The molecule has 1 rings (SSSR count). The molecule has 0 aliphatic rings. The Bertz CT molecular complexity index is 698. The summed E-state index contributed by atoms with van der Waals surface area (Å²) in [6, 6.07) is 4.43. The molecule has 1 aromatic carbocycles. The van der Waals surface area contributed by atoms with Crippen LogP contribution in [0.2, 0.25) is 0 Å². The lowest BCUT2D eigenvalue weighted by atomic mass is 10.2. The van der Waals surface area contributed by atoms with Gasteiger partial charge in [0.2, 0.25) is 0 Å². The molecule has 1 aromatic rings. The number of sulfone groups is 1. The highest BCUT2D eigenvalue weighted by atomic mass is 32.2. The molecule has 0 aliphatic carbocycles. The summed E-state index contributed by atoms with van der Waals surface area (Å²) in [6.07, 6.45) is -1.31. The molecule has 0 saturated carbocycles. The quantitative estimate of drug-likeness (QED) is 0.743. The summed E-state index contributed by atoms with van der Waals surface area (Å²) in [5.41, 5.74) is 4.60. The highest BCUT2D eigenvalue weighted by Crippen LogP contribution is 2.18. The SMILES string of the molecule is CCS(=O)(=O)c1ccccc1C(=O)O[C@H](C)C(=O)NC(N)=O. The van der Waals surface area contributed by atoms with E-state index >= 15 is 0 Å². The van der Waals surface area contributed by atoms with Gasteiger partial charge in [0.1, 0.15) is 0 Å². The summed E-state index contributed by atoms with van der Waals surface area (Å²) < 4.78 is 28.7. The smallest absolute Gasteiger partial charge is 0.340 e. The number of carbonyl (C=O) groups is 3. The molecule has 0 aliphatic heterocycles. The van der Waals surface area contributed by atoms with Gasteiger partial charge in [0, 0.05) is 0 Å². The zero-order chi connectivity index (χ0) is 16.9. The summed E-state index contributed by atoms with van der Waals surface area (Å²) in [5, 5.41) is 1.76. The highest BCUT2D eigenvalue weighted by molar-refractivity contribution is 7.91. The van der Waals surface area contributed by atoms with Gasteiger partial charge in [0.25, 0.3) is 5.91 Å². The number of nitrogens with two attached hydrogens (primary N) is 1. The van der Waals surface area contributed by atoms with Gasteiger partial charge in [-0.3, -0.25) is 10.1 Å². The summed E-state index contributed by atoms with van der Waals surface area (Å²) in [7, 11) is -3.62. The van der Waals surface area contributed by atoms with Crippen molar-refractivity contribution >= 4 is 27.7 Å². The van der Waals surface area contributed by atoms with Gasteiger partial charge in [-0.2, -0.15) is 0 Å². The number of hydrogen-bond donors (Lipinski definition) is 2. The Morgan fingerprint density at radius 2 is 1.86 bits per heavy atom. The number of ether oxygens (including phenoxy) is 1. The molecular weight excluding hydrogens is 312 g/mol. The molecule has 0 fully saturated rings. The molecule has 0 unspecified atom stereocenters. The van der Waals surface area contributed by atoms with E-state index < -0.39 is 33.8 Å². The van der Waals surface area contributed by atoms with Crippen molar-refractivity contribution in [2.45, 2.75) is 24.8 Å².